The van der Waals surface area contributed by atoms with Crippen LogP contribution in [0.25, 0.3) is 0 Å². The van der Waals surface area contributed by atoms with Gasteiger partial charge in [0.15, 0.2) is 0 Å². The number of anilines is 1. The first-order valence-electron chi connectivity index (χ1n) is 10.8. The van der Waals surface area contributed by atoms with Gasteiger partial charge in [-0.1, -0.05) is 6.07 Å². The molecule has 1 N–H and O–H groups in total. The second-order valence-electron chi connectivity index (χ2n) is 7.97. The van der Waals surface area contributed by atoms with Gasteiger partial charge in [0.05, 0.1) is 30.8 Å². The molecule has 0 saturated carbocycles. The fourth-order valence-electron chi connectivity index (χ4n) is 3.93. The molecule has 2 saturated heterocycles. The van der Waals surface area contributed by atoms with Gasteiger partial charge in [-0.05, 0) is 48.6 Å². The van der Waals surface area contributed by atoms with Gasteiger partial charge in [0, 0.05) is 43.4 Å². The van der Waals surface area contributed by atoms with Crippen molar-refractivity contribution in [2.75, 3.05) is 51.3 Å². The van der Waals surface area contributed by atoms with Gasteiger partial charge in [-0.2, -0.15) is 4.31 Å². The summed E-state index contributed by atoms with van der Waals surface area (Å²) in [5, 5.41) is 4.92. The quantitative estimate of drug-likeness (QED) is 0.594. The van der Waals surface area contributed by atoms with E-state index in [4.69, 9.17) is 9.47 Å². The van der Waals surface area contributed by atoms with Gasteiger partial charge in [-0.25, -0.2) is 8.42 Å². The molecule has 10 heteroatoms. The number of carbonyl (C=O) groups excluding carboxylic acids is 1. The predicted molar refractivity (Wildman–Crippen MR) is 123 cm³/mol. The third-order valence-corrected chi connectivity index (χ3v) is 8.33. The Kier molecular flexibility index (Phi) is 7.93. The van der Waals surface area contributed by atoms with Crippen molar-refractivity contribution < 1.29 is 22.7 Å². The highest BCUT2D eigenvalue weighted by Gasteiger charge is 2.26. The number of nitrogens with zero attached hydrogens (tertiary/aromatic N) is 2. The van der Waals surface area contributed by atoms with E-state index >= 15 is 0 Å². The summed E-state index contributed by atoms with van der Waals surface area (Å²) in [7, 11) is -3.55. The van der Waals surface area contributed by atoms with Crippen LogP contribution in [0.4, 0.5) is 5.69 Å². The van der Waals surface area contributed by atoms with E-state index in [9.17, 15) is 13.2 Å². The maximum absolute atomic E-state index is 12.7. The predicted octanol–water partition coefficient (Wildman–Crippen LogP) is 2.39. The number of hydrogen-bond donors (Lipinski definition) is 1. The Morgan fingerprint density at radius 3 is 2.59 bits per heavy atom. The Bertz CT molecular complexity index is 968. The third kappa shape index (κ3) is 6.15. The van der Waals surface area contributed by atoms with Crippen LogP contribution in [0.15, 0.2) is 46.7 Å². The first kappa shape index (κ1) is 23.3. The largest absolute Gasteiger partial charge is 0.379 e. The zero-order valence-electron chi connectivity index (χ0n) is 17.9. The van der Waals surface area contributed by atoms with Crippen molar-refractivity contribution in [3.63, 3.8) is 0 Å². The topological polar surface area (TPSA) is 88.2 Å². The van der Waals surface area contributed by atoms with E-state index in [-0.39, 0.29) is 23.5 Å². The Morgan fingerprint density at radius 1 is 1.16 bits per heavy atom. The Labute approximate surface area is 193 Å². The van der Waals surface area contributed by atoms with Crippen LogP contribution in [0.1, 0.15) is 17.7 Å². The summed E-state index contributed by atoms with van der Waals surface area (Å²) in [4.78, 5) is 16.2. The Morgan fingerprint density at radius 2 is 1.94 bits per heavy atom. The van der Waals surface area contributed by atoms with Gasteiger partial charge in [-0.3, -0.25) is 9.69 Å². The van der Waals surface area contributed by atoms with Gasteiger partial charge < -0.3 is 14.8 Å². The molecule has 0 aliphatic carbocycles. The summed E-state index contributed by atoms with van der Waals surface area (Å²) < 4.78 is 37.9. The van der Waals surface area contributed by atoms with Crippen LogP contribution >= 0.6 is 11.3 Å². The van der Waals surface area contributed by atoms with Crippen molar-refractivity contribution in [3.05, 3.63) is 46.7 Å². The number of rotatable bonds is 9. The van der Waals surface area contributed by atoms with E-state index in [1.807, 2.05) is 11.4 Å². The zero-order valence-corrected chi connectivity index (χ0v) is 19.6. The van der Waals surface area contributed by atoms with E-state index in [1.165, 1.54) is 21.3 Å². The second-order valence-corrected chi connectivity index (χ2v) is 10.9. The summed E-state index contributed by atoms with van der Waals surface area (Å²) in [6, 6.07) is 10.4. The molecule has 1 aromatic carbocycles. The molecular formula is C22H29N3O5S2. The molecule has 1 atom stereocenters. The van der Waals surface area contributed by atoms with Crippen molar-refractivity contribution in [2.24, 2.45) is 0 Å². The van der Waals surface area contributed by atoms with Crippen LogP contribution in [-0.2, 0) is 30.8 Å². The van der Waals surface area contributed by atoms with E-state index in [0.717, 1.165) is 19.4 Å². The van der Waals surface area contributed by atoms with Crippen molar-refractivity contribution in [2.45, 2.75) is 30.4 Å². The second kappa shape index (κ2) is 10.9. The normalized spacial score (nSPS) is 20.0. The number of thiophene rings is 1. The first-order chi connectivity index (χ1) is 15.5. The third-order valence-electron chi connectivity index (χ3n) is 5.56. The highest BCUT2D eigenvalue weighted by Crippen LogP contribution is 2.20. The van der Waals surface area contributed by atoms with Gasteiger partial charge in [0.25, 0.3) is 0 Å². The standard InChI is InChI=1S/C22H29N3O5S2/c26-22(17-24(15-19-3-1-11-30-19)16-20-4-2-14-31-20)23-18-5-7-21(8-6-18)32(27,28)25-9-12-29-13-10-25/h2,4-8,14,19H,1,3,9-13,15-17H2,(H,23,26)/t19-/m0/s1. The molecule has 2 aliphatic rings. The molecular weight excluding hydrogens is 450 g/mol. The number of nitrogens with one attached hydrogen (secondary N) is 1. The lowest BCUT2D eigenvalue weighted by Crippen LogP contribution is -2.40. The number of sulfonamides is 1. The first-order valence-corrected chi connectivity index (χ1v) is 13.2. The van der Waals surface area contributed by atoms with Crippen LogP contribution in [0.5, 0.6) is 0 Å². The average molecular weight is 480 g/mol. The summed E-state index contributed by atoms with van der Waals surface area (Å²) in [6.45, 7) is 3.94. The minimum Gasteiger partial charge on any atom is -0.379 e. The average Bonchev–Trinajstić information content (AvgIpc) is 3.49. The lowest BCUT2D eigenvalue weighted by Gasteiger charge is -2.26. The van der Waals surface area contributed by atoms with Gasteiger partial charge in [-0.15, -0.1) is 11.3 Å². The van der Waals surface area contributed by atoms with Crippen LogP contribution in [0.3, 0.4) is 0 Å². The summed E-state index contributed by atoms with van der Waals surface area (Å²) in [5.41, 5.74) is 0.573. The molecule has 4 rings (SSSR count). The number of carbonyl (C=O) groups is 1. The number of ether oxygens (including phenoxy) is 2. The molecule has 2 fully saturated rings. The maximum Gasteiger partial charge on any atom is 0.243 e. The van der Waals surface area contributed by atoms with Crippen LogP contribution < -0.4 is 5.32 Å². The smallest absolute Gasteiger partial charge is 0.243 e. The van der Waals surface area contributed by atoms with Gasteiger partial charge in [0.2, 0.25) is 15.9 Å². The molecule has 32 heavy (non-hydrogen) atoms. The molecule has 2 aromatic rings. The van der Waals surface area contributed by atoms with Crippen LogP contribution in [0, 0.1) is 0 Å². The van der Waals surface area contributed by atoms with Gasteiger partial charge in [0.1, 0.15) is 0 Å². The molecule has 0 bridgehead atoms. The molecule has 1 amide bonds. The lowest BCUT2D eigenvalue weighted by atomic mass is 10.2. The molecule has 2 aliphatic heterocycles. The Hall–Kier alpha value is -1.82. The number of benzene rings is 1. The van der Waals surface area contributed by atoms with Crippen LogP contribution in [0.2, 0.25) is 0 Å². The summed E-state index contributed by atoms with van der Waals surface area (Å²) in [6.07, 6.45) is 2.23. The minimum absolute atomic E-state index is 0.136. The zero-order chi connectivity index (χ0) is 22.4. The molecule has 8 nitrogen and oxygen atoms in total. The highest BCUT2D eigenvalue weighted by molar-refractivity contribution is 7.89. The molecule has 1 aromatic heterocycles. The number of morpholine rings is 1. The SMILES string of the molecule is O=C(CN(Cc1cccs1)C[C@@H]1CCCO1)Nc1ccc(S(=O)(=O)N2CCOCC2)cc1. The molecule has 3 heterocycles. The lowest BCUT2D eigenvalue weighted by molar-refractivity contribution is -0.117. The molecule has 0 spiro atoms. The fourth-order valence-corrected chi connectivity index (χ4v) is 6.09. The van der Waals surface area contributed by atoms with Crippen molar-refractivity contribution in [3.8, 4) is 0 Å². The summed E-state index contributed by atoms with van der Waals surface area (Å²) >= 11 is 1.67. The number of amides is 1. The van der Waals surface area contributed by atoms with E-state index in [2.05, 4.69) is 16.3 Å². The Balaban J connectivity index is 1.36. The molecule has 0 unspecified atom stereocenters. The maximum atomic E-state index is 12.7. The molecule has 174 valence electrons. The van der Waals surface area contributed by atoms with Crippen molar-refractivity contribution in [1.82, 2.24) is 9.21 Å². The van der Waals surface area contributed by atoms with Crippen LogP contribution in [-0.4, -0.2) is 75.6 Å². The number of hydrogen-bond acceptors (Lipinski definition) is 7. The van der Waals surface area contributed by atoms with E-state index < -0.39 is 10.0 Å². The van der Waals surface area contributed by atoms with Crippen molar-refractivity contribution in [1.29, 1.82) is 0 Å². The van der Waals surface area contributed by atoms with E-state index in [0.29, 0.717) is 45.1 Å². The monoisotopic (exact) mass is 479 g/mol. The summed E-state index contributed by atoms with van der Waals surface area (Å²) in [5.74, 6) is -0.136. The minimum atomic E-state index is -3.55. The van der Waals surface area contributed by atoms with Crippen molar-refractivity contribution >= 4 is 33.0 Å². The highest BCUT2D eigenvalue weighted by atomic mass is 32.2. The van der Waals surface area contributed by atoms with E-state index in [1.54, 1.807) is 23.5 Å². The fraction of sp³-hybridized carbons (Fsp3) is 0.500. The van der Waals surface area contributed by atoms with Gasteiger partial charge >= 0.3 is 0 Å². The molecule has 0 radical (unpaired) electrons.